The maximum atomic E-state index is 9.38. The van der Waals surface area contributed by atoms with E-state index in [-0.39, 0.29) is 6.10 Å². The van der Waals surface area contributed by atoms with Gasteiger partial charge in [-0.15, -0.1) is 0 Å². The SMILES string of the molecule is CC(O)CN1CCC(CNCc2nccn2C)CC1. The molecule has 0 saturated carbocycles. The zero-order valence-electron chi connectivity index (χ0n) is 12.0. The second-order valence-corrected chi connectivity index (χ2v) is 5.68. The molecule has 1 saturated heterocycles. The third-order valence-electron chi connectivity index (χ3n) is 3.87. The van der Waals surface area contributed by atoms with Crippen molar-refractivity contribution in [1.29, 1.82) is 0 Å². The summed E-state index contributed by atoms with van der Waals surface area (Å²) in [5.74, 6) is 1.84. The van der Waals surface area contributed by atoms with E-state index in [0.29, 0.717) is 0 Å². The molecule has 108 valence electrons. The van der Waals surface area contributed by atoms with Crippen LogP contribution in [0, 0.1) is 5.92 Å². The van der Waals surface area contributed by atoms with Gasteiger partial charge in [-0.2, -0.15) is 0 Å². The first-order valence-corrected chi connectivity index (χ1v) is 7.22. The molecule has 1 aromatic rings. The summed E-state index contributed by atoms with van der Waals surface area (Å²) in [5.41, 5.74) is 0. The van der Waals surface area contributed by atoms with Gasteiger partial charge in [-0.25, -0.2) is 4.98 Å². The normalized spacial score (nSPS) is 19.7. The number of β-amino-alcohol motifs (C(OH)–C–C–N with tert-alkyl or cyclic N) is 1. The molecule has 1 fully saturated rings. The zero-order valence-corrected chi connectivity index (χ0v) is 12.0. The lowest BCUT2D eigenvalue weighted by molar-refractivity contribution is 0.0997. The average Bonchev–Trinajstić information content (AvgIpc) is 2.77. The van der Waals surface area contributed by atoms with Crippen LogP contribution in [0.4, 0.5) is 0 Å². The maximum Gasteiger partial charge on any atom is 0.122 e. The monoisotopic (exact) mass is 266 g/mol. The summed E-state index contributed by atoms with van der Waals surface area (Å²) in [5, 5.41) is 12.9. The van der Waals surface area contributed by atoms with E-state index in [1.807, 2.05) is 26.4 Å². The predicted molar refractivity (Wildman–Crippen MR) is 75.8 cm³/mol. The van der Waals surface area contributed by atoms with Crippen molar-refractivity contribution in [1.82, 2.24) is 19.8 Å². The second-order valence-electron chi connectivity index (χ2n) is 5.68. The quantitative estimate of drug-likeness (QED) is 0.792. The van der Waals surface area contributed by atoms with Crippen molar-refractivity contribution in [3.05, 3.63) is 18.2 Å². The number of imidazole rings is 1. The Hall–Kier alpha value is -0.910. The Morgan fingerprint density at radius 3 is 2.79 bits per heavy atom. The summed E-state index contributed by atoms with van der Waals surface area (Å²) in [6, 6.07) is 0. The van der Waals surface area contributed by atoms with Crippen molar-refractivity contribution >= 4 is 0 Å². The molecular weight excluding hydrogens is 240 g/mol. The van der Waals surface area contributed by atoms with E-state index in [4.69, 9.17) is 0 Å². The first-order valence-electron chi connectivity index (χ1n) is 7.22. The topological polar surface area (TPSA) is 53.3 Å². The minimum Gasteiger partial charge on any atom is -0.392 e. The first kappa shape index (κ1) is 14.5. The molecule has 2 N–H and O–H groups in total. The Bertz CT molecular complexity index is 369. The van der Waals surface area contributed by atoms with Crippen LogP contribution in [-0.2, 0) is 13.6 Å². The zero-order chi connectivity index (χ0) is 13.7. The minimum absolute atomic E-state index is 0.210. The summed E-state index contributed by atoms with van der Waals surface area (Å²) in [6.45, 7) is 6.81. The fourth-order valence-corrected chi connectivity index (χ4v) is 2.70. The molecule has 19 heavy (non-hydrogen) atoms. The second kappa shape index (κ2) is 7.03. The van der Waals surface area contributed by atoms with Crippen LogP contribution in [0.15, 0.2) is 12.4 Å². The number of rotatable bonds is 6. The molecule has 1 aliphatic heterocycles. The third kappa shape index (κ3) is 4.60. The lowest BCUT2D eigenvalue weighted by atomic mass is 9.96. The summed E-state index contributed by atoms with van der Waals surface area (Å²) in [7, 11) is 2.03. The van der Waals surface area contributed by atoms with Crippen molar-refractivity contribution in [2.75, 3.05) is 26.2 Å². The van der Waals surface area contributed by atoms with Gasteiger partial charge in [-0.05, 0) is 45.3 Å². The molecule has 1 atom stereocenters. The van der Waals surface area contributed by atoms with E-state index >= 15 is 0 Å². The van der Waals surface area contributed by atoms with Crippen molar-refractivity contribution in [3.63, 3.8) is 0 Å². The first-order chi connectivity index (χ1) is 9.15. The van der Waals surface area contributed by atoms with Crippen LogP contribution in [0.2, 0.25) is 0 Å². The largest absolute Gasteiger partial charge is 0.392 e. The summed E-state index contributed by atoms with van der Waals surface area (Å²) in [4.78, 5) is 6.67. The average molecular weight is 266 g/mol. The number of hydrogen-bond acceptors (Lipinski definition) is 4. The minimum atomic E-state index is -0.210. The molecule has 0 aromatic carbocycles. The highest BCUT2D eigenvalue weighted by molar-refractivity contribution is 4.90. The van der Waals surface area contributed by atoms with Gasteiger partial charge in [0, 0.05) is 26.0 Å². The van der Waals surface area contributed by atoms with Crippen LogP contribution in [0.1, 0.15) is 25.6 Å². The molecular formula is C14H26N4O. The van der Waals surface area contributed by atoms with Gasteiger partial charge in [0.25, 0.3) is 0 Å². The number of aromatic nitrogens is 2. The Kier molecular flexibility index (Phi) is 5.36. The van der Waals surface area contributed by atoms with Crippen LogP contribution in [0.25, 0.3) is 0 Å². The molecule has 0 bridgehead atoms. The number of nitrogens with zero attached hydrogens (tertiary/aromatic N) is 3. The van der Waals surface area contributed by atoms with E-state index < -0.39 is 0 Å². The molecule has 5 nitrogen and oxygen atoms in total. The van der Waals surface area contributed by atoms with E-state index in [9.17, 15) is 5.11 Å². The molecule has 5 heteroatoms. The van der Waals surface area contributed by atoms with Gasteiger partial charge in [0.15, 0.2) is 0 Å². The van der Waals surface area contributed by atoms with Crippen LogP contribution in [0.5, 0.6) is 0 Å². The van der Waals surface area contributed by atoms with Crippen molar-refractivity contribution in [2.24, 2.45) is 13.0 Å². The highest BCUT2D eigenvalue weighted by atomic mass is 16.3. The number of aryl methyl sites for hydroxylation is 1. The van der Waals surface area contributed by atoms with E-state index in [0.717, 1.165) is 44.5 Å². The van der Waals surface area contributed by atoms with Crippen LogP contribution < -0.4 is 5.32 Å². The number of nitrogens with one attached hydrogen (secondary N) is 1. The van der Waals surface area contributed by atoms with Crippen molar-refractivity contribution in [3.8, 4) is 0 Å². The molecule has 0 aliphatic carbocycles. The Balaban J connectivity index is 1.62. The molecule has 1 unspecified atom stereocenters. The van der Waals surface area contributed by atoms with Gasteiger partial charge in [-0.1, -0.05) is 0 Å². The number of piperidine rings is 1. The van der Waals surface area contributed by atoms with Gasteiger partial charge in [0.2, 0.25) is 0 Å². The van der Waals surface area contributed by atoms with E-state index in [2.05, 4.69) is 19.8 Å². The van der Waals surface area contributed by atoms with Crippen molar-refractivity contribution < 1.29 is 5.11 Å². The number of hydrogen-bond donors (Lipinski definition) is 2. The molecule has 1 aliphatic rings. The number of aliphatic hydroxyl groups excluding tert-OH is 1. The molecule has 2 rings (SSSR count). The summed E-state index contributed by atoms with van der Waals surface area (Å²) in [6.07, 6.45) is 6.05. The standard InChI is InChI=1S/C14H26N4O/c1-12(19)11-18-6-3-13(4-7-18)9-15-10-14-16-5-8-17(14)2/h5,8,12-13,15,19H,3-4,6-7,9-11H2,1-2H3. The Labute approximate surface area is 115 Å². The van der Waals surface area contributed by atoms with Gasteiger partial charge in [-0.3, -0.25) is 0 Å². The van der Waals surface area contributed by atoms with Gasteiger partial charge >= 0.3 is 0 Å². The summed E-state index contributed by atoms with van der Waals surface area (Å²) < 4.78 is 2.05. The van der Waals surface area contributed by atoms with E-state index in [1.165, 1.54) is 12.8 Å². The maximum absolute atomic E-state index is 9.38. The Morgan fingerprint density at radius 2 is 2.21 bits per heavy atom. The summed E-state index contributed by atoms with van der Waals surface area (Å²) >= 11 is 0. The molecule has 0 radical (unpaired) electrons. The lowest BCUT2D eigenvalue weighted by Crippen LogP contribution is -2.40. The predicted octanol–water partition coefficient (Wildman–Crippen LogP) is 0.603. The molecule has 0 spiro atoms. The van der Waals surface area contributed by atoms with Crippen LogP contribution >= 0.6 is 0 Å². The Morgan fingerprint density at radius 1 is 1.47 bits per heavy atom. The molecule has 2 heterocycles. The van der Waals surface area contributed by atoms with E-state index in [1.54, 1.807) is 0 Å². The molecule has 0 amide bonds. The lowest BCUT2D eigenvalue weighted by Gasteiger charge is -2.32. The number of likely N-dealkylation sites (tertiary alicyclic amines) is 1. The van der Waals surface area contributed by atoms with Gasteiger partial charge in [0.1, 0.15) is 5.82 Å². The van der Waals surface area contributed by atoms with Crippen molar-refractivity contribution in [2.45, 2.75) is 32.4 Å². The van der Waals surface area contributed by atoms with Crippen LogP contribution in [-0.4, -0.2) is 51.8 Å². The highest BCUT2D eigenvalue weighted by Crippen LogP contribution is 2.16. The van der Waals surface area contributed by atoms with Gasteiger partial charge in [0.05, 0.1) is 12.6 Å². The smallest absolute Gasteiger partial charge is 0.122 e. The highest BCUT2D eigenvalue weighted by Gasteiger charge is 2.19. The van der Waals surface area contributed by atoms with Gasteiger partial charge < -0.3 is 19.9 Å². The molecule has 1 aromatic heterocycles. The third-order valence-corrected chi connectivity index (χ3v) is 3.87. The number of aliphatic hydroxyl groups is 1. The van der Waals surface area contributed by atoms with Crippen LogP contribution in [0.3, 0.4) is 0 Å². The fourth-order valence-electron chi connectivity index (χ4n) is 2.70. The fraction of sp³-hybridized carbons (Fsp3) is 0.786.